The van der Waals surface area contributed by atoms with Gasteiger partial charge in [0.15, 0.2) is 0 Å². The van der Waals surface area contributed by atoms with Gasteiger partial charge in [0.2, 0.25) is 0 Å². The molecule has 3 heterocycles. The number of pyridine rings is 1. The first-order chi connectivity index (χ1) is 13.6. The van der Waals surface area contributed by atoms with Gasteiger partial charge in [-0.05, 0) is 18.6 Å². The van der Waals surface area contributed by atoms with Crippen molar-refractivity contribution in [2.24, 2.45) is 0 Å². The maximum Gasteiger partial charge on any atom is 0.312 e. The highest BCUT2D eigenvalue weighted by atomic mass is 32.1. The third-order valence-corrected chi connectivity index (χ3v) is 5.08. The van der Waals surface area contributed by atoms with Crippen LogP contribution in [0.1, 0.15) is 17.0 Å². The molecule has 28 heavy (non-hydrogen) atoms. The van der Waals surface area contributed by atoms with E-state index in [1.54, 1.807) is 12.3 Å². The van der Waals surface area contributed by atoms with E-state index in [-0.39, 0.29) is 18.6 Å². The second kappa shape index (κ2) is 7.74. The summed E-state index contributed by atoms with van der Waals surface area (Å²) in [5.74, 6) is -0.407. The summed E-state index contributed by atoms with van der Waals surface area (Å²) >= 11 is 1.49. The highest BCUT2D eigenvalue weighted by Crippen LogP contribution is 2.23. The quantitative estimate of drug-likeness (QED) is 0.488. The molecule has 0 aliphatic rings. The standard InChI is InChI=1S/C21H17N3O3S/c1-14-7-8-18-22-16(9-19(25)24(18)11-14)12-27-20(26)10-17-13-28-21(23-17)15-5-3-2-4-6-15/h2-9,11,13H,10,12H2,1H3. The van der Waals surface area contributed by atoms with E-state index in [1.807, 2.05) is 48.7 Å². The Balaban J connectivity index is 1.41. The summed E-state index contributed by atoms with van der Waals surface area (Å²) in [6, 6.07) is 14.8. The van der Waals surface area contributed by atoms with Crippen LogP contribution in [0.3, 0.4) is 0 Å². The molecule has 140 valence electrons. The second-order valence-electron chi connectivity index (χ2n) is 6.37. The monoisotopic (exact) mass is 391 g/mol. The largest absolute Gasteiger partial charge is 0.459 e. The van der Waals surface area contributed by atoms with Crippen molar-refractivity contribution in [3.05, 3.63) is 87.4 Å². The lowest BCUT2D eigenvalue weighted by Crippen LogP contribution is -2.17. The predicted molar refractivity (Wildman–Crippen MR) is 107 cm³/mol. The van der Waals surface area contributed by atoms with E-state index in [0.29, 0.717) is 17.0 Å². The smallest absolute Gasteiger partial charge is 0.312 e. The molecule has 0 amide bonds. The number of thiazole rings is 1. The number of nitrogens with zero attached hydrogens (tertiary/aromatic N) is 3. The molecule has 0 spiro atoms. The summed E-state index contributed by atoms with van der Waals surface area (Å²) in [5.41, 5.74) is 3.39. The highest BCUT2D eigenvalue weighted by molar-refractivity contribution is 7.13. The van der Waals surface area contributed by atoms with Crippen LogP contribution in [0, 0.1) is 6.92 Å². The van der Waals surface area contributed by atoms with Gasteiger partial charge in [0, 0.05) is 23.2 Å². The zero-order valence-corrected chi connectivity index (χ0v) is 16.0. The Morgan fingerprint density at radius 1 is 1.11 bits per heavy atom. The van der Waals surface area contributed by atoms with Crippen molar-refractivity contribution in [2.45, 2.75) is 20.0 Å². The summed E-state index contributed by atoms with van der Waals surface area (Å²) in [6.45, 7) is 1.86. The maximum atomic E-state index is 12.2. The molecule has 0 saturated heterocycles. The van der Waals surface area contributed by atoms with Crippen LogP contribution in [-0.4, -0.2) is 20.3 Å². The van der Waals surface area contributed by atoms with Crippen LogP contribution in [-0.2, 0) is 22.6 Å². The Kier molecular flexibility index (Phi) is 4.99. The number of aryl methyl sites for hydroxylation is 1. The van der Waals surface area contributed by atoms with Gasteiger partial charge in [-0.15, -0.1) is 11.3 Å². The molecule has 6 nitrogen and oxygen atoms in total. The average Bonchev–Trinajstić information content (AvgIpc) is 3.16. The molecule has 0 saturated carbocycles. The average molecular weight is 391 g/mol. The van der Waals surface area contributed by atoms with Crippen molar-refractivity contribution >= 4 is 23.0 Å². The van der Waals surface area contributed by atoms with E-state index in [9.17, 15) is 9.59 Å². The third kappa shape index (κ3) is 3.99. The Labute approximate surface area is 165 Å². The fourth-order valence-electron chi connectivity index (χ4n) is 2.79. The van der Waals surface area contributed by atoms with Crippen molar-refractivity contribution in [3.63, 3.8) is 0 Å². The Morgan fingerprint density at radius 3 is 2.75 bits per heavy atom. The Hall–Kier alpha value is -3.32. The Morgan fingerprint density at radius 2 is 1.93 bits per heavy atom. The second-order valence-corrected chi connectivity index (χ2v) is 7.23. The van der Waals surface area contributed by atoms with E-state index in [4.69, 9.17) is 4.74 Å². The summed E-state index contributed by atoms with van der Waals surface area (Å²) in [6.07, 6.45) is 1.81. The number of rotatable bonds is 5. The normalized spacial score (nSPS) is 10.9. The van der Waals surface area contributed by atoms with Crippen LogP contribution in [0.5, 0.6) is 0 Å². The van der Waals surface area contributed by atoms with Crippen LogP contribution in [0.4, 0.5) is 0 Å². The van der Waals surface area contributed by atoms with Gasteiger partial charge in [-0.2, -0.15) is 0 Å². The first kappa shape index (κ1) is 18.1. The number of carbonyl (C=O) groups excluding carboxylic acids is 1. The summed E-state index contributed by atoms with van der Waals surface area (Å²) in [5, 5.41) is 2.72. The van der Waals surface area contributed by atoms with E-state index in [0.717, 1.165) is 16.1 Å². The molecule has 4 rings (SSSR count). The number of fused-ring (bicyclic) bond motifs is 1. The van der Waals surface area contributed by atoms with Gasteiger partial charge in [-0.25, -0.2) is 9.97 Å². The van der Waals surface area contributed by atoms with Crippen molar-refractivity contribution < 1.29 is 9.53 Å². The maximum absolute atomic E-state index is 12.2. The molecule has 0 bridgehead atoms. The fraction of sp³-hybridized carbons (Fsp3) is 0.143. The lowest BCUT2D eigenvalue weighted by atomic mass is 10.2. The van der Waals surface area contributed by atoms with E-state index >= 15 is 0 Å². The van der Waals surface area contributed by atoms with Gasteiger partial charge in [0.05, 0.1) is 17.8 Å². The molecule has 0 N–H and O–H groups in total. The van der Waals surface area contributed by atoms with E-state index < -0.39 is 5.97 Å². The molecular weight excluding hydrogens is 374 g/mol. The number of ether oxygens (including phenoxy) is 1. The lowest BCUT2D eigenvalue weighted by Gasteiger charge is -2.06. The summed E-state index contributed by atoms with van der Waals surface area (Å²) in [7, 11) is 0. The van der Waals surface area contributed by atoms with Crippen LogP contribution in [0.2, 0.25) is 0 Å². The highest BCUT2D eigenvalue weighted by Gasteiger charge is 2.11. The number of esters is 1. The van der Waals surface area contributed by atoms with E-state index in [2.05, 4.69) is 9.97 Å². The van der Waals surface area contributed by atoms with Gasteiger partial charge >= 0.3 is 5.97 Å². The van der Waals surface area contributed by atoms with E-state index in [1.165, 1.54) is 21.8 Å². The SMILES string of the molecule is Cc1ccc2nc(COC(=O)Cc3csc(-c4ccccc4)n3)cc(=O)n2c1. The molecular formula is C21H17N3O3S. The van der Waals surface area contributed by atoms with Crippen LogP contribution in [0.15, 0.2) is 64.9 Å². The topological polar surface area (TPSA) is 73.6 Å². The number of benzene rings is 1. The van der Waals surface area contributed by atoms with Crippen LogP contribution in [0.25, 0.3) is 16.2 Å². The Bertz CT molecular complexity index is 1200. The summed E-state index contributed by atoms with van der Waals surface area (Å²) in [4.78, 5) is 33.2. The zero-order valence-electron chi connectivity index (χ0n) is 15.2. The van der Waals surface area contributed by atoms with Gasteiger partial charge in [0.25, 0.3) is 5.56 Å². The van der Waals surface area contributed by atoms with Crippen LogP contribution < -0.4 is 5.56 Å². The number of aromatic nitrogens is 3. The lowest BCUT2D eigenvalue weighted by molar-refractivity contribution is -0.144. The number of hydrogen-bond donors (Lipinski definition) is 0. The first-order valence-corrected chi connectivity index (χ1v) is 9.61. The molecule has 0 unspecified atom stereocenters. The van der Waals surface area contributed by atoms with Crippen LogP contribution >= 0.6 is 11.3 Å². The molecule has 0 radical (unpaired) electrons. The molecule has 0 aliphatic carbocycles. The van der Waals surface area contributed by atoms with Crippen molar-refractivity contribution in [2.75, 3.05) is 0 Å². The minimum absolute atomic E-state index is 0.0475. The van der Waals surface area contributed by atoms with Gasteiger partial charge < -0.3 is 4.74 Å². The van der Waals surface area contributed by atoms with Gasteiger partial charge in [-0.1, -0.05) is 36.4 Å². The number of carbonyl (C=O) groups is 1. The van der Waals surface area contributed by atoms with Crippen molar-refractivity contribution in [1.82, 2.24) is 14.4 Å². The number of hydrogen-bond acceptors (Lipinski definition) is 6. The fourth-order valence-corrected chi connectivity index (χ4v) is 3.61. The molecule has 0 aliphatic heterocycles. The minimum atomic E-state index is -0.407. The molecule has 1 aromatic carbocycles. The van der Waals surface area contributed by atoms with Gasteiger partial charge in [-0.3, -0.25) is 14.0 Å². The van der Waals surface area contributed by atoms with Crippen molar-refractivity contribution in [3.8, 4) is 10.6 Å². The van der Waals surface area contributed by atoms with Crippen molar-refractivity contribution in [1.29, 1.82) is 0 Å². The molecule has 4 aromatic rings. The minimum Gasteiger partial charge on any atom is -0.459 e. The zero-order chi connectivity index (χ0) is 19.5. The summed E-state index contributed by atoms with van der Waals surface area (Å²) < 4.78 is 6.76. The molecule has 3 aromatic heterocycles. The molecule has 0 atom stereocenters. The molecule has 7 heteroatoms. The van der Waals surface area contributed by atoms with Gasteiger partial charge in [0.1, 0.15) is 17.3 Å². The first-order valence-electron chi connectivity index (χ1n) is 8.73. The molecule has 0 fully saturated rings. The predicted octanol–water partition coefficient (Wildman–Crippen LogP) is 3.41. The third-order valence-electron chi connectivity index (χ3n) is 4.14.